The van der Waals surface area contributed by atoms with Crippen LogP contribution in [0.15, 0.2) is 55.9 Å². The third-order valence-corrected chi connectivity index (χ3v) is 9.30. The van der Waals surface area contributed by atoms with Crippen LogP contribution in [0.5, 0.6) is 11.5 Å². The molecule has 1 unspecified atom stereocenters. The third kappa shape index (κ3) is 4.75. The number of hydrogen-bond donors (Lipinski definition) is 0. The van der Waals surface area contributed by atoms with Crippen molar-refractivity contribution in [2.24, 2.45) is 5.92 Å². The second-order valence-corrected chi connectivity index (χ2v) is 10.9. The zero-order chi connectivity index (χ0) is 25.1. The van der Waals surface area contributed by atoms with Crippen LogP contribution in [0.3, 0.4) is 0 Å². The lowest BCUT2D eigenvalue weighted by atomic mass is 9.99. The quantitative estimate of drug-likeness (QED) is 0.177. The van der Waals surface area contributed by atoms with Crippen LogP contribution in [0.25, 0.3) is 21.8 Å². The van der Waals surface area contributed by atoms with E-state index in [2.05, 4.69) is 109 Å². The second kappa shape index (κ2) is 11.2. The Morgan fingerprint density at radius 3 is 2.26 bits per heavy atom. The van der Waals surface area contributed by atoms with Crippen molar-refractivity contribution >= 4 is 69.6 Å². The van der Waals surface area contributed by atoms with Crippen molar-refractivity contribution in [2.45, 2.75) is 46.1 Å². The summed E-state index contributed by atoms with van der Waals surface area (Å²) >= 11 is 10.5. The summed E-state index contributed by atoms with van der Waals surface area (Å²) in [5.74, 6) is 1.75. The lowest BCUT2D eigenvalue weighted by molar-refractivity contribution is 0.401. The van der Waals surface area contributed by atoms with Crippen LogP contribution >= 0.6 is 47.8 Å². The van der Waals surface area contributed by atoms with Crippen LogP contribution in [0, 0.1) is 28.6 Å². The fourth-order valence-electron chi connectivity index (χ4n) is 4.57. The summed E-state index contributed by atoms with van der Waals surface area (Å²) in [5.41, 5.74) is 2.80. The van der Waals surface area contributed by atoms with Gasteiger partial charge in [0.25, 0.3) is 0 Å². The summed E-state index contributed by atoms with van der Waals surface area (Å²) in [7, 11) is 0. The lowest BCUT2D eigenvalue weighted by Gasteiger charge is -2.18. The first-order valence-corrected chi connectivity index (χ1v) is 14.0. The van der Waals surface area contributed by atoms with E-state index in [4.69, 9.17) is 4.74 Å². The molecule has 0 bridgehead atoms. The fraction of sp³-hybridized carbons (Fsp3) is 0.286. The van der Waals surface area contributed by atoms with Crippen molar-refractivity contribution in [3.8, 4) is 23.6 Å². The molecule has 4 rings (SSSR count). The van der Waals surface area contributed by atoms with Crippen LogP contribution in [-0.4, -0.2) is 4.57 Å². The van der Waals surface area contributed by atoms with Gasteiger partial charge < -0.3 is 9.30 Å². The molecular formula is C28H24Br3N3O. The van der Waals surface area contributed by atoms with E-state index in [-0.39, 0.29) is 11.1 Å². The Labute approximate surface area is 230 Å². The monoisotopic (exact) mass is 655 g/mol. The molecule has 0 aliphatic carbocycles. The first kappa shape index (κ1) is 25.8. The third-order valence-electron chi connectivity index (χ3n) is 6.46. The van der Waals surface area contributed by atoms with Crippen LogP contribution in [0.4, 0.5) is 0 Å². The molecule has 0 spiro atoms. The van der Waals surface area contributed by atoms with E-state index in [0.29, 0.717) is 30.8 Å². The Morgan fingerprint density at radius 1 is 0.886 bits per heavy atom. The second-order valence-electron chi connectivity index (χ2n) is 8.54. The summed E-state index contributed by atoms with van der Waals surface area (Å²) in [6.07, 6.45) is 4.80. The van der Waals surface area contributed by atoms with E-state index >= 15 is 0 Å². The van der Waals surface area contributed by atoms with E-state index < -0.39 is 0 Å². The molecule has 1 heterocycles. The molecule has 0 aliphatic heterocycles. The van der Waals surface area contributed by atoms with Crippen molar-refractivity contribution in [3.63, 3.8) is 0 Å². The molecule has 0 amide bonds. The van der Waals surface area contributed by atoms with Gasteiger partial charge in [0.15, 0.2) is 5.75 Å². The minimum atomic E-state index is 0.230. The zero-order valence-corrected chi connectivity index (χ0v) is 24.3. The molecule has 7 heteroatoms. The number of unbranched alkanes of at least 4 members (excludes halogenated alkanes) is 1. The first-order chi connectivity index (χ1) is 17.0. The van der Waals surface area contributed by atoms with Crippen LogP contribution in [0.1, 0.15) is 50.7 Å². The summed E-state index contributed by atoms with van der Waals surface area (Å²) in [5, 5.41) is 21.4. The SMILES string of the molecule is CCCCC(CC)Cn1c2ccccc2c2c(Oc3c(Br)c(Br)c(C#N)c(C#N)c3Br)cccc21. The van der Waals surface area contributed by atoms with E-state index in [9.17, 15) is 10.5 Å². The van der Waals surface area contributed by atoms with Gasteiger partial charge in [0, 0.05) is 17.4 Å². The smallest absolute Gasteiger partial charge is 0.158 e. The Bertz CT molecular complexity index is 1490. The van der Waals surface area contributed by atoms with Gasteiger partial charge in [0.05, 0.1) is 35.4 Å². The molecule has 35 heavy (non-hydrogen) atoms. The average molecular weight is 658 g/mol. The molecule has 0 N–H and O–H groups in total. The minimum Gasteiger partial charge on any atom is -0.454 e. The maximum atomic E-state index is 9.70. The largest absolute Gasteiger partial charge is 0.454 e. The van der Waals surface area contributed by atoms with Gasteiger partial charge in [0.1, 0.15) is 17.9 Å². The molecule has 0 saturated carbocycles. The van der Waals surface area contributed by atoms with Crippen molar-refractivity contribution in [3.05, 3.63) is 67.0 Å². The van der Waals surface area contributed by atoms with Gasteiger partial charge >= 0.3 is 0 Å². The number of para-hydroxylation sites is 1. The highest BCUT2D eigenvalue weighted by Gasteiger charge is 2.24. The Morgan fingerprint density at radius 2 is 1.57 bits per heavy atom. The van der Waals surface area contributed by atoms with Gasteiger partial charge in [-0.05, 0) is 78.3 Å². The first-order valence-electron chi connectivity index (χ1n) is 11.6. The molecule has 3 aromatic carbocycles. The van der Waals surface area contributed by atoms with E-state index in [1.54, 1.807) is 0 Å². The maximum absolute atomic E-state index is 9.70. The number of halogens is 3. The number of fused-ring (bicyclic) bond motifs is 3. The highest BCUT2D eigenvalue weighted by atomic mass is 79.9. The molecule has 0 aliphatic rings. The normalized spacial score (nSPS) is 12.0. The Hall–Kier alpha value is -2.32. The number of nitrogens with zero attached hydrogens (tertiary/aromatic N) is 3. The van der Waals surface area contributed by atoms with Gasteiger partial charge in [0.2, 0.25) is 0 Å². The van der Waals surface area contributed by atoms with E-state index in [1.165, 1.54) is 24.8 Å². The van der Waals surface area contributed by atoms with E-state index in [1.807, 2.05) is 12.1 Å². The van der Waals surface area contributed by atoms with Gasteiger partial charge in [-0.3, -0.25) is 0 Å². The van der Waals surface area contributed by atoms with Gasteiger partial charge in [-0.1, -0.05) is 57.4 Å². The molecule has 0 fully saturated rings. The summed E-state index contributed by atoms with van der Waals surface area (Å²) in [6.45, 7) is 5.47. The minimum absolute atomic E-state index is 0.230. The molecule has 0 radical (unpaired) electrons. The number of nitriles is 2. The van der Waals surface area contributed by atoms with Crippen LogP contribution in [0.2, 0.25) is 0 Å². The lowest BCUT2D eigenvalue weighted by Crippen LogP contribution is -2.10. The molecule has 1 atom stereocenters. The molecule has 4 aromatic rings. The van der Waals surface area contributed by atoms with Crippen molar-refractivity contribution < 1.29 is 4.74 Å². The number of hydrogen-bond acceptors (Lipinski definition) is 3. The molecular weight excluding hydrogens is 634 g/mol. The van der Waals surface area contributed by atoms with Crippen molar-refractivity contribution in [1.82, 2.24) is 4.57 Å². The number of rotatable bonds is 8. The molecule has 178 valence electrons. The fourth-order valence-corrected chi connectivity index (χ4v) is 6.35. The predicted octanol–water partition coefficient (Wildman–Crippen LogP) is 9.83. The molecule has 1 aromatic heterocycles. The van der Waals surface area contributed by atoms with Gasteiger partial charge in [-0.25, -0.2) is 0 Å². The van der Waals surface area contributed by atoms with Crippen LogP contribution < -0.4 is 4.74 Å². The zero-order valence-electron chi connectivity index (χ0n) is 19.5. The summed E-state index contributed by atoms with van der Waals surface area (Å²) < 4.78 is 10.4. The number of benzene rings is 3. The highest BCUT2D eigenvalue weighted by molar-refractivity contribution is 9.13. The van der Waals surface area contributed by atoms with Crippen molar-refractivity contribution in [2.75, 3.05) is 0 Å². The average Bonchev–Trinajstić information content (AvgIpc) is 3.20. The maximum Gasteiger partial charge on any atom is 0.158 e. The topological polar surface area (TPSA) is 61.7 Å². The van der Waals surface area contributed by atoms with Crippen molar-refractivity contribution in [1.29, 1.82) is 10.5 Å². The highest BCUT2D eigenvalue weighted by Crippen LogP contribution is 2.47. The summed E-state index contributed by atoms with van der Waals surface area (Å²) in [6, 6.07) is 18.7. The molecule has 0 saturated heterocycles. The van der Waals surface area contributed by atoms with E-state index in [0.717, 1.165) is 29.3 Å². The Balaban J connectivity index is 1.90. The number of ether oxygens (including phenoxy) is 1. The van der Waals surface area contributed by atoms with Gasteiger partial charge in [-0.2, -0.15) is 10.5 Å². The molecule has 4 nitrogen and oxygen atoms in total. The van der Waals surface area contributed by atoms with Crippen LogP contribution in [-0.2, 0) is 6.54 Å². The summed E-state index contributed by atoms with van der Waals surface area (Å²) in [4.78, 5) is 0. The predicted molar refractivity (Wildman–Crippen MR) is 152 cm³/mol. The standard InChI is InChI=1S/C28H24Br3N3O/c1-3-5-9-17(4-2)16-34-21-11-7-6-10-18(21)24-22(34)12-8-13-23(24)35-28-26(30)20(15-33)19(14-32)25(29)27(28)31/h6-8,10-13,17H,3-5,9,16H2,1-2H3. The Kier molecular flexibility index (Phi) is 8.22. The van der Waals surface area contributed by atoms with Gasteiger partial charge in [-0.15, -0.1) is 0 Å². The number of aromatic nitrogens is 1.